The Bertz CT molecular complexity index is 637. The zero-order chi connectivity index (χ0) is 16.9. The van der Waals surface area contributed by atoms with Crippen LogP contribution >= 0.6 is 0 Å². The monoisotopic (exact) mass is 330 g/mol. The first kappa shape index (κ1) is 18.1. The Kier molecular flexibility index (Phi) is 6.03. The molecule has 0 amide bonds. The topological polar surface area (TPSA) is 125 Å². The number of rotatable bonds is 6. The number of hydrogen-bond donors (Lipinski definition) is 2. The van der Waals surface area contributed by atoms with E-state index in [-0.39, 0.29) is 22.6 Å². The second-order valence-electron chi connectivity index (χ2n) is 4.49. The van der Waals surface area contributed by atoms with Crippen LogP contribution in [-0.4, -0.2) is 47.2 Å². The molecule has 0 aliphatic rings. The van der Waals surface area contributed by atoms with Crippen molar-refractivity contribution in [3.8, 4) is 0 Å². The Balaban J connectivity index is 3.40. The van der Waals surface area contributed by atoms with E-state index >= 15 is 0 Å². The predicted molar refractivity (Wildman–Crippen MR) is 78.0 cm³/mol. The molecule has 0 aliphatic carbocycles. The maximum atomic E-state index is 12.3. The summed E-state index contributed by atoms with van der Waals surface area (Å²) in [6.07, 6.45) is 0. The number of carbonyl (C=O) groups excluding carboxylic acids is 2. The third-order valence-electron chi connectivity index (χ3n) is 2.77. The van der Waals surface area contributed by atoms with E-state index in [1.807, 2.05) is 0 Å². The maximum Gasteiger partial charge on any atom is 0.337 e. The molecule has 8 nitrogen and oxygen atoms in total. The van der Waals surface area contributed by atoms with Crippen LogP contribution in [-0.2, 0) is 19.5 Å². The highest BCUT2D eigenvalue weighted by molar-refractivity contribution is 7.89. The molecule has 1 rings (SSSR count). The van der Waals surface area contributed by atoms with Gasteiger partial charge in [0.2, 0.25) is 10.0 Å². The minimum Gasteiger partial charge on any atom is -0.465 e. The molecule has 0 aromatic heterocycles. The van der Waals surface area contributed by atoms with Gasteiger partial charge in [0.1, 0.15) is 0 Å². The van der Waals surface area contributed by atoms with Gasteiger partial charge in [-0.2, -0.15) is 0 Å². The normalized spacial score (nSPS) is 12.5. The van der Waals surface area contributed by atoms with Crippen LogP contribution in [0.5, 0.6) is 0 Å². The van der Waals surface area contributed by atoms with Crippen molar-refractivity contribution in [2.24, 2.45) is 5.73 Å². The van der Waals surface area contributed by atoms with Crippen LogP contribution in [0, 0.1) is 0 Å². The highest BCUT2D eigenvalue weighted by Gasteiger charge is 2.22. The smallest absolute Gasteiger partial charge is 0.337 e. The average Bonchev–Trinajstić information content (AvgIpc) is 2.52. The molecule has 0 heterocycles. The molecule has 0 unspecified atom stereocenters. The van der Waals surface area contributed by atoms with Crippen LogP contribution in [0.3, 0.4) is 0 Å². The standard InChI is InChI=1S/C13H18N2O6S/c1-8(7-14)15-22(18,19)11-5-9(12(16)20-2)4-10(6-11)13(17)21-3/h4-6,8,15H,7,14H2,1-3H3/t8-/m0/s1. The van der Waals surface area contributed by atoms with Gasteiger partial charge in [0, 0.05) is 12.6 Å². The summed E-state index contributed by atoms with van der Waals surface area (Å²) in [6.45, 7) is 1.68. The van der Waals surface area contributed by atoms with Crippen LogP contribution in [0.25, 0.3) is 0 Å². The van der Waals surface area contributed by atoms with Gasteiger partial charge in [-0.15, -0.1) is 0 Å². The highest BCUT2D eigenvalue weighted by atomic mass is 32.2. The molecule has 0 saturated carbocycles. The third-order valence-corrected chi connectivity index (χ3v) is 4.34. The molecule has 1 atom stereocenters. The van der Waals surface area contributed by atoms with Crippen molar-refractivity contribution in [2.45, 2.75) is 17.9 Å². The van der Waals surface area contributed by atoms with E-state index in [1.165, 1.54) is 6.07 Å². The SMILES string of the molecule is COC(=O)c1cc(C(=O)OC)cc(S(=O)(=O)N[C@@H](C)CN)c1. The highest BCUT2D eigenvalue weighted by Crippen LogP contribution is 2.17. The molecule has 122 valence electrons. The number of carbonyl (C=O) groups is 2. The van der Waals surface area contributed by atoms with Gasteiger partial charge in [-0.3, -0.25) is 0 Å². The minimum absolute atomic E-state index is 0.0776. The molecular formula is C13H18N2O6S. The summed E-state index contributed by atoms with van der Waals surface area (Å²) in [4.78, 5) is 23.0. The van der Waals surface area contributed by atoms with Gasteiger partial charge in [-0.25, -0.2) is 22.7 Å². The van der Waals surface area contributed by atoms with Crippen molar-refractivity contribution in [3.63, 3.8) is 0 Å². The van der Waals surface area contributed by atoms with E-state index in [1.54, 1.807) is 6.92 Å². The average molecular weight is 330 g/mol. The maximum absolute atomic E-state index is 12.3. The lowest BCUT2D eigenvalue weighted by atomic mass is 10.1. The zero-order valence-corrected chi connectivity index (χ0v) is 13.3. The first-order valence-corrected chi connectivity index (χ1v) is 7.77. The molecule has 0 fully saturated rings. The van der Waals surface area contributed by atoms with Gasteiger partial charge in [0.05, 0.1) is 30.2 Å². The summed E-state index contributed by atoms with van der Waals surface area (Å²) in [6, 6.07) is 2.92. The van der Waals surface area contributed by atoms with Gasteiger partial charge >= 0.3 is 11.9 Å². The van der Waals surface area contributed by atoms with E-state index in [0.29, 0.717) is 0 Å². The van der Waals surface area contributed by atoms with Crippen LogP contribution < -0.4 is 10.5 Å². The van der Waals surface area contributed by atoms with Crippen molar-refractivity contribution in [2.75, 3.05) is 20.8 Å². The first-order chi connectivity index (χ1) is 10.2. The minimum atomic E-state index is -3.95. The fourth-order valence-electron chi connectivity index (χ4n) is 1.61. The molecule has 0 bridgehead atoms. The van der Waals surface area contributed by atoms with Crippen molar-refractivity contribution in [1.29, 1.82) is 0 Å². The van der Waals surface area contributed by atoms with Crippen molar-refractivity contribution in [3.05, 3.63) is 29.3 Å². The number of benzene rings is 1. The zero-order valence-electron chi connectivity index (χ0n) is 12.5. The number of nitrogens with one attached hydrogen (secondary N) is 1. The molecule has 1 aromatic carbocycles. The molecule has 22 heavy (non-hydrogen) atoms. The Hall–Kier alpha value is -1.97. The van der Waals surface area contributed by atoms with Crippen LogP contribution in [0.4, 0.5) is 0 Å². The Morgan fingerprint density at radius 3 is 1.95 bits per heavy atom. The van der Waals surface area contributed by atoms with E-state index in [0.717, 1.165) is 26.4 Å². The Morgan fingerprint density at radius 1 is 1.14 bits per heavy atom. The number of methoxy groups -OCH3 is 2. The molecule has 9 heteroatoms. The molecule has 0 radical (unpaired) electrons. The molecule has 1 aromatic rings. The lowest BCUT2D eigenvalue weighted by Gasteiger charge is -2.13. The molecule has 0 spiro atoms. The number of esters is 2. The van der Waals surface area contributed by atoms with E-state index in [2.05, 4.69) is 14.2 Å². The fraction of sp³-hybridized carbons (Fsp3) is 0.385. The number of ether oxygens (including phenoxy) is 2. The Morgan fingerprint density at radius 2 is 1.59 bits per heavy atom. The lowest BCUT2D eigenvalue weighted by Crippen LogP contribution is -2.37. The molecular weight excluding hydrogens is 312 g/mol. The third kappa shape index (κ3) is 4.26. The summed E-state index contributed by atoms with van der Waals surface area (Å²) in [7, 11) is -1.65. The summed E-state index contributed by atoms with van der Waals surface area (Å²) in [5, 5.41) is 0. The quantitative estimate of drug-likeness (QED) is 0.697. The van der Waals surface area contributed by atoms with Crippen molar-refractivity contribution in [1.82, 2.24) is 4.72 Å². The number of sulfonamides is 1. The van der Waals surface area contributed by atoms with Crippen LogP contribution in [0.2, 0.25) is 0 Å². The molecule has 3 N–H and O–H groups in total. The first-order valence-electron chi connectivity index (χ1n) is 6.29. The summed E-state index contributed by atoms with van der Waals surface area (Å²) in [5.74, 6) is -1.54. The van der Waals surface area contributed by atoms with E-state index in [9.17, 15) is 18.0 Å². The largest absolute Gasteiger partial charge is 0.465 e. The summed E-state index contributed by atoms with van der Waals surface area (Å²) >= 11 is 0. The summed E-state index contributed by atoms with van der Waals surface area (Å²) < 4.78 is 35.9. The van der Waals surface area contributed by atoms with Crippen LogP contribution in [0.15, 0.2) is 23.1 Å². The molecule has 0 saturated heterocycles. The van der Waals surface area contributed by atoms with E-state index in [4.69, 9.17) is 5.73 Å². The second-order valence-corrected chi connectivity index (χ2v) is 6.20. The van der Waals surface area contributed by atoms with Gasteiger partial charge in [0.15, 0.2) is 0 Å². The van der Waals surface area contributed by atoms with Crippen LogP contribution in [0.1, 0.15) is 27.6 Å². The van der Waals surface area contributed by atoms with Crippen molar-refractivity contribution >= 4 is 22.0 Å². The number of hydrogen-bond acceptors (Lipinski definition) is 7. The number of nitrogens with two attached hydrogens (primary N) is 1. The Labute approximate surface area is 128 Å². The van der Waals surface area contributed by atoms with Gasteiger partial charge < -0.3 is 15.2 Å². The van der Waals surface area contributed by atoms with Gasteiger partial charge in [-0.05, 0) is 25.1 Å². The fourth-order valence-corrected chi connectivity index (χ4v) is 2.93. The van der Waals surface area contributed by atoms with Gasteiger partial charge in [-0.1, -0.05) is 0 Å². The predicted octanol–water partition coefficient (Wildman–Crippen LogP) is -0.115. The lowest BCUT2D eigenvalue weighted by molar-refractivity contribution is 0.0598. The van der Waals surface area contributed by atoms with E-state index < -0.39 is 28.0 Å². The molecule has 0 aliphatic heterocycles. The summed E-state index contributed by atoms with van der Waals surface area (Å²) in [5.41, 5.74) is 5.23. The second kappa shape index (κ2) is 7.34. The van der Waals surface area contributed by atoms with Crippen molar-refractivity contribution < 1.29 is 27.5 Å². The van der Waals surface area contributed by atoms with Gasteiger partial charge in [0.25, 0.3) is 0 Å².